The fraction of sp³-hybridized carbons (Fsp3) is 0.400. The summed E-state index contributed by atoms with van der Waals surface area (Å²) >= 11 is 0. The van der Waals surface area contributed by atoms with E-state index in [4.69, 9.17) is 4.42 Å². The Balaban J connectivity index is 0.000000659. The van der Waals surface area contributed by atoms with E-state index in [1.807, 2.05) is 46.8 Å². The number of carbonyl (C=O) groups is 1. The maximum Gasteiger partial charge on any atom is 0.254 e. The molecule has 3 heteroatoms. The zero-order chi connectivity index (χ0) is 14.1. The Labute approximate surface area is 109 Å². The van der Waals surface area contributed by atoms with Crippen LogP contribution in [0.4, 0.5) is 0 Å². The molecule has 0 radical (unpaired) electrons. The van der Waals surface area contributed by atoms with Crippen molar-refractivity contribution in [3.63, 3.8) is 0 Å². The Morgan fingerprint density at radius 1 is 1.11 bits per heavy atom. The second-order valence-electron chi connectivity index (χ2n) is 3.17. The molecule has 1 aromatic heterocycles. The van der Waals surface area contributed by atoms with Crippen molar-refractivity contribution in [3.8, 4) is 0 Å². The number of rotatable bonds is 1. The third-order valence-corrected chi connectivity index (χ3v) is 2.31. The van der Waals surface area contributed by atoms with E-state index in [-0.39, 0.29) is 5.91 Å². The summed E-state index contributed by atoms with van der Waals surface area (Å²) in [5.74, 6) is -0.120. The molecule has 2 aromatic rings. The number of fused-ring (bicyclic) bond motifs is 1. The van der Waals surface area contributed by atoms with E-state index in [1.54, 1.807) is 19.4 Å². The van der Waals surface area contributed by atoms with Crippen LogP contribution in [0.1, 0.15) is 43.6 Å². The van der Waals surface area contributed by atoms with Gasteiger partial charge in [-0.25, -0.2) is 0 Å². The van der Waals surface area contributed by atoms with Crippen molar-refractivity contribution in [2.45, 2.75) is 34.6 Å². The van der Waals surface area contributed by atoms with E-state index >= 15 is 0 Å². The molecule has 3 nitrogen and oxygen atoms in total. The molecule has 0 fully saturated rings. The number of hydrogen-bond acceptors (Lipinski definition) is 2. The standard InChI is InChI=1S/C11H11NO2.2C2H6/c1-7-3-4-9(11(13)12-2)10-8(7)5-6-14-10;2*1-2/h3-6H,1-2H3,(H,12,13);2*1-2H3. The molecule has 1 aromatic carbocycles. The molecule has 0 aliphatic rings. The van der Waals surface area contributed by atoms with Crippen molar-refractivity contribution in [1.82, 2.24) is 5.32 Å². The first-order valence-electron chi connectivity index (χ1n) is 6.43. The zero-order valence-electron chi connectivity index (χ0n) is 12.1. The van der Waals surface area contributed by atoms with Crippen LogP contribution in [0.25, 0.3) is 11.0 Å². The first kappa shape index (κ1) is 16.2. The summed E-state index contributed by atoms with van der Waals surface area (Å²) in [6, 6.07) is 5.57. The van der Waals surface area contributed by atoms with Gasteiger partial charge in [-0.1, -0.05) is 33.8 Å². The highest BCUT2D eigenvalue weighted by Gasteiger charge is 2.11. The van der Waals surface area contributed by atoms with E-state index in [9.17, 15) is 4.79 Å². The Morgan fingerprint density at radius 2 is 1.72 bits per heavy atom. The highest BCUT2D eigenvalue weighted by atomic mass is 16.3. The van der Waals surface area contributed by atoms with Gasteiger partial charge in [0.15, 0.2) is 0 Å². The van der Waals surface area contributed by atoms with Gasteiger partial charge in [-0.05, 0) is 24.6 Å². The van der Waals surface area contributed by atoms with Crippen molar-refractivity contribution in [2.75, 3.05) is 7.05 Å². The van der Waals surface area contributed by atoms with Crippen LogP contribution in [0.2, 0.25) is 0 Å². The van der Waals surface area contributed by atoms with Gasteiger partial charge in [-0.15, -0.1) is 0 Å². The van der Waals surface area contributed by atoms with Gasteiger partial charge < -0.3 is 9.73 Å². The number of hydrogen-bond donors (Lipinski definition) is 1. The average molecular weight is 249 g/mol. The molecule has 100 valence electrons. The second-order valence-corrected chi connectivity index (χ2v) is 3.17. The molecule has 0 aliphatic carbocycles. The summed E-state index contributed by atoms with van der Waals surface area (Å²) in [5.41, 5.74) is 2.35. The normalized spacial score (nSPS) is 8.78. The molecule has 0 unspecified atom stereocenters. The second kappa shape index (κ2) is 8.34. The molecular weight excluding hydrogens is 226 g/mol. The molecule has 0 saturated carbocycles. The lowest BCUT2D eigenvalue weighted by Crippen LogP contribution is -2.17. The van der Waals surface area contributed by atoms with Gasteiger partial charge in [0.2, 0.25) is 0 Å². The van der Waals surface area contributed by atoms with E-state index < -0.39 is 0 Å². The van der Waals surface area contributed by atoms with E-state index in [0.717, 1.165) is 10.9 Å². The summed E-state index contributed by atoms with van der Waals surface area (Å²) in [4.78, 5) is 11.5. The van der Waals surface area contributed by atoms with Crippen molar-refractivity contribution >= 4 is 16.9 Å². The summed E-state index contributed by atoms with van der Waals surface area (Å²) < 4.78 is 5.29. The summed E-state index contributed by atoms with van der Waals surface area (Å²) in [7, 11) is 1.61. The van der Waals surface area contributed by atoms with Gasteiger partial charge in [-0.2, -0.15) is 0 Å². The lowest BCUT2D eigenvalue weighted by atomic mass is 10.1. The molecule has 0 spiro atoms. The third-order valence-electron chi connectivity index (χ3n) is 2.31. The van der Waals surface area contributed by atoms with Crippen molar-refractivity contribution in [2.24, 2.45) is 0 Å². The minimum Gasteiger partial charge on any atom is -0.463 e. The largest absolute Gasteiger partial charge is 0.463 e. The Morgan fingerprint density at radius 3 is 2.28 bits per heavy atom. The topological polar surface area (TPSA) is 42.2 Å². The number of furan rings is 1. The number of carbonyl (C=O) groups excluding carboxylic acids is 1. The minimum absolute atomic E-state index is 0.120. The molecule has 1 heterocycles. The van der Waals surface area contributed by atoms with Crippen LogP contribution in [-0.4, -0.2) is 13.0 Å². The Kier molecular flexibility index (Phi) is 7.52. The van der Waals surface area contributed by atoms with E-state index in [2.05, 4.69) is 5.32 Å². The SMILES string of the molecule is CC.CC.CNC(=O)c1ccc(C)c2ccoc12. The number of amides is 1. The van der Waals surface area contributed by atoms with Crippen molar-refractivity contribution in [3.05, 3.63) is 35.6 Å². The van der Waals surface area contributed by atoms with Crippen LogP contribution in [0.3, 0.4) is 0 Å². The van der Waals surface area contributed by atoms with Crippen LogP contribution in [0, 0.1) is 6.92 Å². The number of aryl methyl sites for hydroxylation is 1. The predicted molar refractivity (Wildman–Crippen MR) is 77.0 cm³/mol. The molecule has 0 bridgehead atoms. The van der Waals surface area contributed by atoms with Gasteiger partial charge >= 0.3 is 0 Å². The van der Waals surface area contributed by atoms with Gasteiger partial charge in [0.05, 0.1) is 11.8 Å². The molecule has 0 saturated heterocycles. The number of nitrogens with one attached hydrogen (secondary N) is 1. The Bertz CT molecular complexity index is 486. The van der Waals surface area contributed by atoms with Crippen LogP contribution < -0.4 is 5.32 Å². The average Bonchev–Trinajstić information content (AvgIpc) is 2.93. The quantitative estimate of drug-likeness (QED) is 0.824. The zero-order valence-corrected chi connectivity index (χ0v) is 12.1. The molecule has 18 heavy (non-hydrogen) atoms. The highest BCUT2D eigenvalue weighted by molar-refractivity contribution is 6.05. The fourth-order valence-electron chi connectivity index (χ4n) is 1.52. The van der Waals surface area contributed by atoms with Crippen LogP contribution in [0.15, 0.2) is 28.9 Å². The van der Waals surface area contributed by atoms with Gasteiger partial charge in [-0.3, -0.25) is 4.79 Å². The van der Waals surface area contributed by atoms with Gasteiger partial charge in [0.25, 0.3) is 5.91 Å². The van der Waals surface area contributed by atoms with Gasteiger partial charge in [0, 0.05) is 12.4 Å². The molecule has 1 N–H and O–H groups in total. The monoisotopic (exact) mass is 249 g/mol. The summed E-state index contributed by atoms with van der Waals surface area (Å²) in [6.45, 7) is 9.99. The first-order chi connectivity index (χ1) is 8.74. The van der Waals surface area contributed by atoms with Crippen LogP contribution in [0.5, 0.6) is 0 Å². The first-order valence-corrected chi connectivity index (χ1v) is 6.43. The lowest BCUT2D eigenvalue weighted by Gasteiger charge is -2.02. The molecule has 2 rings (SSSR count). The maximum absolute atomic E-state index is 11.5. The molecular formula is C15H23NO2. The maximum atomic E-state index is 11.5. The Hall–Kier alpha value is -1.77. The van der Waals surface area contributed by atoms with E-state index in [1.165, 1.54) is 0 Å². The molecule has 1 amide bonds. The van der Waals surface area contributed by atoms with Crippen molar-refractivity contribution < 1.29 is 9.21 Å². The van der Waals surface area contributed by atoms with Gasteiger partial charge in [0.1, 0.15) is 5.58 Å². The highest BCUT2D eigenvalue weighted by Crippen LogP contribution is 2.23. The molecule has 0 atom stereocenters. The third kappa shape index (κ3) is 3.36. The lowest BCUT2D eigenvalue weighted by molar-refractivity contribution is 0.0964. The fourth-order valence-corrected chi connectivity index (χ4v) is 1.52. The van der Waals surface area contributed by atoms with Crippen LogP contribution >= 0.6 is 0 Å². The summed E-state index contributed by atoms with van der Waals surface area (Å²) in [5, 5.41) is 3.58. The van der Waals surface area contributed by atoms with Crippen molar-refractivity contribution in [1.29, 1.82) is 0 Å². The summed E-state index contributed by atoms with van der Waals surface area (Å²) in [6.07, 6.45) is 1.60. The smallest absolute Gasteiger partial charge is 0.254 e. The predicted octanol–water partition coefficient (Wildman–Crippen LogP) is 4.15. The van der Waals surface area contributed by atoms with E-state index in [0.29, 0.717) is 11.1 Å². The molecule has 0 aliphatic heterocycles. The minimum atomic E-state index is -0.120. The number of benzene rings is 1. The van der Waals surface area contributed by atoms with Crippen LogP contribution in [-0.2, 0) is 0 Å².